The van der Waals surface area contributed by atoms with Crippen LogP contribution in [0.4, 0.5) is 5.00 Å². The molecule has 0 unspecified atom stereocenters. The Morgan fingerprint density at radius 3 is 2.34 bits per heavy atom. The molecule has 0 spiro atoms. The molecule has 2 aromatic heterocycles. The van der Waals surface area contributed by atoms with E-state index in [-0.39, 0.29) is 47.7 Å². The summed E-state index contributed by atoms with van der Waals surface area (Å²) in [6.07, 6.45) is 0. The van der Waals surface area contributed by atoms with Crippen LogP contribution in [0.3, 0.4) is 0 Å². The highest BCUT2D eigenvalue weighted by atomic mass is 32.2. The number of carbonyl (C=O) groups is 4. The maximum absolute atomic E-state index is 13.5. The first-order chi connectivity index (χ1) is 22.7. The predicted octanol–water partition coefficient (Wildman–Crippen LogP) is 4.81. The van der Waals surface area contributed by atoms with Crippen LogP contribution in [0.5, 0.6) is 11.5 Å². The third-order valence-corrected chi connectivity index (χ3v) is 8.79. The van der Waals surface area contributed by atoms with Crippen LogP contribution in [-0.2, 0) is 25.6 Å². The summed E-state index contributed by atoms with van der Waals surface area (Å²) < 4.78 is 23.1. The highest BCUT2D eigenvalue weighted by Gasteiger charge is 2.29. The molecule has 0 fully saturated rings. The van der Waals surface area contributed by atoms with Gasteiger partial charge in [-0.1, -0.05) is 42.1 Å². The molecule has 47 heavy (non-hydrogen) atoms. The van der Waals surface area contributed by atoms with Crippen LogP contribution in [0.2, 0.25) is 0 Å². The summed E-state index contributed by atoms with van der Waals surface area (Å²) in [5.41, 5.74) is 1.05. The largest absolute Gasteiger partial charge is 0.495 e. The van der Waals surface area contributed by atoms with E-state index in [2.05, 4.69) is 20.8 Å². The Bertz CT molecular complexity index is 1720. The fourth-order valence-corrected chi connectivity index (χ4v) is 6.28. The van der Waals surface area contributed by atoms with Gasteiger partial charge in [-0.05, 0) is 57.5 Å². The Labute approximate surface area is 280 Å². The molecule has 0 saturated heterocycles. The standard InChI is InChI=1S/C32H35N5O8S2/c1-6-43-30(40)26-19(3)27(31(41)44-7-2)47-29(26)34-28(39)20(4)46-32-36-35-24(37(32)22-15-11-12-16-23(22)42-5)17-33-25(38)18-45-21-13-9-8-10-14-21/h8-16,20H,6-7,17-18H2,1-5H3,(H,33,38)(H,34,39)/t20-/m0/s1. The first-order valence-electron chi connectivity index (χ1n) is 14.7. The second-order valence-electron chi connectivity index (χ2n) is 9.74. The van der Waals surface area contributed by atoms with E-state index in [9.17, 15) is 19.2 Å². The van der Waals surface area contributed by atoms with Crippen molar-refractivity contribution < 1.29 is 38.1 Å². The smallest absolute Gasteiger partial charge is 0.348 e. The number of nitrogens with one attached hydrogen (secondary N) is 2. The molecule has 4 rings (SSSR count). The lowest BCUT2D eigenvalue weighted by Gasteiger charge is -2.16. The van der Waals surface area contributed by atoms with Gasteiger partial charge in [0.2, 0.25) is 5.91 Å². The molecule has 1 atom stereocenters. The number of methoxy groups -OCH3 is 1. The van der Waals surface area contributed by atoms with E-state index in [1.165, 1.54) is 7.11 Å². The molecule has 2 aromatic carbocycles. The Balaban J connectivity index is 1.56. The van der Waals surface area contributed by atoms with E-state index in [1.54, 1.807) is 56.5 Å². The van der Waals surface area contributed by atoms with Crippen molar-refractivity contribution in [1.29, 1.82) is 0 Å². The summed E-state index contributed by atoms with van der Waals surface area (Å²) in [5.74, 6) is -0.615. The normalized spacial score (nSPS) is 11.3. The molecule has 0 bridgehead atoms. The van der Waals surface area contributed by atoms with E-state index >= 15 is 0 Å². The molecule has 0 radical (unpaired) electrons. The maximum atomic E-state index is 13.5. The zero-order chi connectivity index (χ0) is 33.9. The second kappa shape index (κ2) is 16.6. The maximum Gasteiger partial charge on any atom is 0.348 e. The molecule has 0 saturated carbocycles. The summed E-state index contributed by atoms with van der Waals surface area (Å²) >= 11 is 2.05. The van der Waals surface area contributed by atoms with Crippen molar-refractivity contribution in [3.05, 3.63) is 76.4 Å². The van der Waals surface area contributed by atoms with Crippen molar-refractivity contribution in [2.45, 2.75) is 44.6 Å². The minimum atomic E-state index is -0.752. The summed E-state index contributed by atoms with van der Waals surface area (Å²) in [4.78, 5) is 51.7. The highest BCUT2D eigenvalue weighted by molar-refractivity contribution is 8.00. The highest BCUT2D eigenvalue weighted by Crippen LogP contribution is 2.36. The van der Waals surface area contributed by atoms with Gasteiger partial charge in [-0.2, -0.15) is 0 Å². The first-order valence-corrected chi connectivity index (χ1v) is 16.3. The van der Waals surface area contributed by atoms with Crippen molar-refractivity contribution in [2.24, 2.45) is 0 Å². The fourth-order valence-electron chi connectivity index (χ4n) is 4.31. The quantitative estimate of drug-likeness (QED) is 0.131. The topological polar surface area (TPSA) is 160 Å². The SMILES string of the molecule is CCOC(=O)c1sc(NC(=O)[C@H](C)Sc2nnc(CNC(=O)COc3ccccc3)n2-c2ccccc2OC)c(C(=O)OCC)c1C. The van der Waals surface area contributed by atoms with Crippen molar-refractivity contribution >= 4 is 51.9 Å². The molecular formula is C32H35N5O8S2. The molecule has 0 aliphatic carbocycles. The zero-order valence-electron chi connectivity index (χ0n) is 26.5. The minimum absolute atomic E-state index is 0.0111. The number of thioether (sulfide) groups is 1. The van der Waals surface area contributed by atoms with Crippen LogP contribution in [0, 0.1) is 6.92 Å². The molecule has 0 aliphatic rings. The van der Waals surface area contributed by atoms with Crippen LogP contribution >= 0.6 is 23.1 Å². The van der Waals surface area contributed by atoms with Crippen LogP contribution in [-0.4, -0.2) is 70.7 Å². The van der Waals surface area contributed by atoms with Crippen molar-refractivity contribution in [2.75, 3.05) is 32.2 Å². The van der Waals surface area contributed by atoms with E-state index in [0.717, 1.165) is 23.1 Å². The van der Waals surface area contributed by atoms with Gasteiger partial charge in [0.1, 0.15) is 21.4 Å². The molecule has 2 heterocycles. The average Bonchev–Trinajstić information content (AvgIpc) is 3.62. The van der Waals surface area contributed by atoms with Gasteiger partial charge in [-0.25, -0.2) is 9.59 Å². The molecule has 13 nitrogen and oxygen atoms in total. The van der Waals surface area contributed by atoms with E-state index in [4.69, 9.17) is 18.9 Å². The molecule has 2 amide bonds. The Morgan fingerprint density at radius 2 is 1.64 bits per heavy atom. The summed E-state index contributed by atoms with van der Waals surface area (Å²) in [5, 5.41) is 14.0. The Morgan fingerprint density at radius 1 is 0.957 bits per heavy atom. The number of ether oxygens (including phenoxy) is 4. The second-order valence-corrected chi connectivity index (χ2v) is 12.1. The lowest BCUT2D eigenvalue weighted by molar-refractivity contribution is -0.123. The third-order valence-electron chi connectivity index (χ3n) is 6.56. The van der Waals surface area contributed by atoms with Crippen LogP contribution in [0.1, 0.15) is 52.2 Å². The lowest BCUT2D eigenvalue weighted by Crippen LogP contribution is -2.29. The minimum Gasteiger partial charge on any atom is -0.495 e. The molecule has 0 aliphatic heterocycles. The van der Waals surface area contributed by atoms with E-state index < -0.39 is 23.1 Å². The van der Waals surface area contributed by atoms with Gasteiger partial charge in [0.25, 0.3) is 5.91 Å². The number of amides is 2. The third kappa shape index (κ3) is 8.68. The van der Waals surface area contributed by atoms with Gasteiger partial charge in [0.15, 0.2) is 17.6 Å². The molecule has 248 valence electrons. The van der Waals surface area contributed by atoms with Gasteiger partial charge < -0.3 is 29.6 Å². The summed E-state index contributed by atoms with van der Waals surface area (Å²) in [6.45, 7) is 6.70. The number of anilines is 1. The Hall–Kier alpha value is -4.89. The molecule has 4 aromatic rings. The molecule has 2 N–H and O–H groups in total. The van der Waals surface area contributed by atoms with Gasteiger partial charge in [-0.3, -0.25) is 14.2 Å². The van der Waals surface area contributed by atoms with Crippen molar-refractivity contribution in [3.63, 3.8) is 0 Å². The number of thiophene rings is 1. The van der Waals surface area contributed by atoms with Crippen molar-refractivity contribution in [3.8, 4) is 17.2 Å². The molecule has 15 heteroatoms. The number of rotatable bonds is 15. The van der Waals surface area contributed by atoms with Crippen molar-refractivity contribution in [1.82, 2.24) is 20.1 Å². The number of benzene rings is 2. The number of hydrogen-bond donors (Lipinski definition) is 2. The number of nitrogens with zero attached hydrogens (tertiary/aromatic N) is 3. The van der Waals surface area contributed by atoms with Gasteiger partial charge in [0.05, 0.1) is 43.4 Å². The van der Waals surface area contributed by atoms with Gasteiger partial charge >= 0.3 is 11.9 Å². The summed E-state index contributed by atoms with van der Waals surface area (Å²) in [6, 6.07) is 16.2. The summed E-state index contributed by atoms with van der Waals surface area (Å²) in [7, 11) is 1.53. The van der Waals surface area contributed by atoms with Gasteiger partial charge in [0, 0.05) is 0 Å². The monoisotopic (exact) mass is 681 g/mol. The van der Waals surface area contributed by atoms with E-state index in [0.29, 0.717) is 33.7 Å². The fraction of sp³-hybridized carbons (Fsp3) is 0.312. The Kier molecular flexibility index (Phi) is 12.4. The first kappa shape index (κ1) is 35.0. The van der Waals surface area contributed by atoms with E-state index in [1.807, 2.05) is 30.3 Å². The van der Waals surface area contributed by atoms with Gasteiger partial charge in [-0.15, -0.1) is 21.5 Å². The average molecular weight is 682 g/mol. The number of para-hydroxylation sites is 3. The van der Waals surface area contributed by atoms with Crippen LogP contribution in [0.15, 0.2) is 59.8 Å². The zero-order valence-corrected chi connectivity index (χ0v) is 28.2. The number of carbonyl (C=O) groups excluding carboxylic acids is 4. The van der Waals surface area contributed by atoms with Crippen LogP contribution in [0.25, 0.3) is 5.69 Å². The number of aromatic nitrogens is 3. The number of hydrogen-bond acceptors (Lipinski definition) is 12. The predicted molar refractivity (Wildman–Crippen MR) is 177 cm³/mol. The molecular weight excluding hydrogens is 647 g/mol. The number of esters is 2. The lowest BCUT2D eigenvalue weighted by atomic mass is 10.1. The van der Waals surface area contributed by atoms with Crippen LogP contribution < -0.4 is 20.1 Å².